The maximum atomic E-state index is 12.7. The summed E-state index contributed by atoms with van der Waals surface area (Å²) in [6, 6.07) is 14.7. The molecule has 8 bridgehead atoms. The number of hydrogen-bond donors (Lipinski definition) is 6. The zero-order valence-corrected chi connectivity index (χ0v) is 30.6. The third kappa shape index (κ3) is 5.62. The summed E-state index contributed by atoms with van der Waals surface area (Å²) in [5.41, 5.74) is -0.990. The molecule has 0 fully saturated rings. The summed E-state index contributed by atoms with van der Waals surface area (Å²) in [5.74, 6) is -1.08. The number of hydrogen-bond acceptors (Lipinski definition) is 14. The number of aromatic nitrogens is 8. The Hall–Kier alpha value is -6.12. The van der Waals surface area contributed by atoms with Crippen molar-refractivity contribution in [3.05, 3.63) is 72.8 Å². The molecule has 9 rings (SSSR count). The van der Waals surface area contributed by atoms with E-state index in [0.717, 1.165) is 30.3 Å². The molecule has 0 amide bonds. The summed E-state index contributed by atoms with van der Waals surface area (Å²) in [6.45, 7) is 0. The van der Waals surface area contributed by atoms with E-state index in [0.29, 0.717) is 0 Å². The minimum absolute atomic E-state index is 0.00297. The highest BCUT2D eigenvalue weighted by molar-refractivity contribution is 7.86. The molecule has 6 N–H and O–H groups in total. The van der Waals surface area contributed by atoms with Crippen LogP contribution in [0.2, 0.25) is 0 Å². The molecule has 56 heavy (non-hydrogen) atoms. The Kier molecular flexibility index (Phi) is 7.43. The number of benzene rings is 4. The van der Waals surface area contributed by atoms with Crippen LogP contribution in [0.15, 0.2) is 92.4 Å². The molecular weight excluding hydrogens is 817 g/mol. The van der Waals surface area contributed by atoms with Gasteiger partial charge in [-0.2, -0.15) is 33.7 Å². The van der Waals surface area contributed by atoms with Gasteiger partial charge in [-0.25, -0.2) is 29.9 Å². The molecule has 0 unspecified atom stereocenters. The summed E-state index contributed by atoms with van der Waals surface area (Å²) >= 11 is 0. The number of aromatic amines is 2. The van der Waals surface area contributed by atoms with Crippen LogP contribution in [0.4, 0.5) is 0 Å². The molecule has 0 atom stereocenters. The van der Waals surface area contributed by atoms with Gasteiger partial charge in [0, 0.05) is 38.2 Å². The van der Waals surface area contributed by atoms with Crippen molar-refractivity contribution in [3.8, 4) is 45.6 Å². The van der Waals surface area contributed by atoms with Crippen LogP contribution in [-0.4, -0.2) is 91.8 Å². The molecule has 0 spiro atoms. The zero-order chi connectivity index (χ0) is 39.7. The first-order valence-corrected chi connectivity index (χ1v) is 21.3. The fraction of sp³-hybridized carbons (Fsp3) is 0. The molecule has 0 saturated heterocycles. The predicted octanol–water partition coefficient (Wildman–Crippen LogP) is 3.86. The van der Waals surface area contributed by atoms with Gasteiger partial charge in [-0.05, 0) is 36.4 Å². The van der Waals surface area contributed by atoms with Crippen LogP contribution in [0.1, 0.15) is 0 Å². The first kappa shape index (κ1) is 35.6. The Morgan fingerprint density at radius 2 is 0.857 bits per heavy atom. The molecule has 20 nitrogen and oxygen atoms in total. The van der Waals surface area contributed by atoms with Crippen molar-refractivity contribution in [2.24, 2.45) is 0 Å². The lowest BCUT2D eigenvalue weighted by molar-refractivity contribution is 0.481. The Labute approximate surface area is 313 Å². The third-order valence-electron chi connectivity index (χ3n) is 8.90. The van der Waals surface area contributed by atoms with Crippen LogP contribution in [-0.2, 0) is 40.5 Å². The number of nitrogens with one attached hydrogen (secondary N) is 2. The Bertz CT molecular complexity index is 3570. The van der Waals surface area contributed by atoms with E-state index in [2.05, 4.69) is 39.9 Å². The van der Waals surface area contributed by atoms with E-state index in [-0.39, 0.29) is 89.7 Å². The number of rotatable bonds is 4. The van der Waals surface area contributed by atoms with E-state index in [1.165, 1.54) is 42.5 Å². The monoisotopic (exact) mass is 834 g/mol. The summed E-state index contributed by atoms with van der Waals surface area (Å²) in [4.78, 5) is 30.4. The van der Waals surface area contributed by atoms with Crippen molar-refractivity contribution in [1.82, 2.24) is 39.9 Å². The average molecular weight is 835 g/mol. The van der Waals surface area contributed by atoms with Gasteiger partial charge < -0.3 is 9.97 Å². The van der Waals surface area contributed by atoms with Gasteiger partial charge in [0.25, 0.3) is 40.5 Å². The number of nitrogens with zero attached hydrogens (tertiary/aromatic N) is 6. The van der Waals surface area contributed by atoms with Gasteiger partial charge in [-0.15, -0.1) is 0 Å². The molecule has 0 saturated carbocycles. The quantitative estimate of drug-likeness (QED) is 0.137. The Morgan fingerprint density at radius 3 is 1.39 bits per heavy atom. The molecule has 24 heteroatoms. The molecule has 3 aromatic heterocycles. The van der Waals surface area contributed by atoms with Crippen molar-refractivity contribution >= 4 is 84.6 Å². The molecule has 282 valence electrons. The van der Waals surface area contributed by atoms with Gasteiger partial charge in [-0.3, -0.25) is 18.2 Å². The molecule has 2 aliphatic heterocycles. The van der Waals surface area contributed by atoms with Crippen LogP contribution in [0.5, 0.6) is 0 Å². The summed E-state index contributed by atoms with van der Waals surface area (Å²) in [7, 11) is -19.6. The largest absolute Gasteiger partial charge is 0.324 e. The van der Waals surface area contributed by atoms with Crippen LogP contribution in [0, 0.1) is 0 Å². The summed E-state index contributed by atoms with van der Waals surface area (Å²) in [5, 5.41) is -0.333. The molecule has 2 aliphatic rings. The normalized spacial score (nSPS) is 13.2. The number of fused-ring (bicyclic) bond motifs is 20. The second kappa shape index (κ2) is 11.7. The van der Waals surface area contributed by atoms with Crippen LogP contribution in [0.3, 0.4) is 0 Å². The van der Waals surface area contributed by atoms with Crippen LogP contribution >= 0.6 is 0 Å². The standard InChI is InChI=1S/C32H18N8O12S4/c41-53(42,43)13-10-11-14-18(12-13)29-33-25(14)35-30-23-16(5-2-8-20(23)55(47,48)49)27(37-30)39-32-24-17(6-3-9-21(24)56(50,51)52)28(40-32)38-31-22-15(26(34-29)36-31)4-1-7-19(22)54(44,45)46/h1-12H,(H,41,42,43)(H,44,45,46)(H,47,48,49)(H,50,51,52)(H2,33,34,35,36,37,38,39,40). The van der Waals surface area contributed by atoms with Gasteiger partial charge >= 0.3 is 0 Å². The van der Waals surface area contributed by atoms with E-state index in [1.54, 1.807) is 0 Å². The zero-order valence-electron chi connectivity index (χ0n) is 27.3. The minimum atomic E-state index is -4.96. The van der Waals surface area contributed by atoms with E-state index in [9.17, 15) is 51.9 Å². The predicted molar refractivity (Wildman–Crippen MR) is 195 cm³/mol. The lowest BCUT2D eigenvalue weighted by Crippen LogP contribution is -2.01. The Morgan fingerprint density at radius 1 is 0.411 bits per heavy atom. The van der Waals surface area contributed by atoms with Gasteiger partial charge in [0.05, 0.1) is 10.5 Å². The molecule has 0 aliphatic carbocycles. The average Bonchev–Trinajstić information content (AvgIpc) is 3.85. The number of H-pyrrole nitrogens is 2. The van der Waals surface area contributed by atoms with E-state index in [4.69, 9.17) is 0 Å². The molecule has 7 aromatic rings. The smallest absolute Gasteiger partial charge is 0.295 e. The summed E-state index contributed by atoms with van der Waals surface area (Å²) < 4.78 is 141. The lowest BCUT2D eigenvalue weighted by atomic mass is 10.1. The van der Waals surface area contributed by atoms with Gasteiger partial charge in [0.1, 0.15) is 37.3 Å². The van der Waals surface area contributed by atoms with Crippen molar-refractivity contribution in [1.29, 1.82) is 0 Å². The highest BCUT2D eigenvalue weighted by Gasteiger charge is 2.30. The SMILES string of the molecule is O=S(=O)(O)c1ccc2c(c1)-c1nc-2nc2[nH]c(nc3nc(nc4[nH]c(n1)c1cccc(S(=O)(=O)O)c41)-c1cccc(S(=O)(=O)O)c1-3)c1cccc(S(=O)(=O)O)c21. The Balaban J connectivity index is 1.56. The topological polar surface area (TPSA) is 326 Å². The van der Waals surface area contributed by atoms with Crippen molar-refractivity contribution < 1.29 is 51.9 Å². The second-order valence-electron chi connectivity index (χ2n) is 12.3. The van der Waals surface area contributed by atoms with E-state index >= 15 is 0 Å². The highest BCUT2D eigenvalue weighted by Crippen LogP contribution is 2.41. The maximum absolute atomic E-state index is 12.7. The molecular formula is C32H18N8O12S4. The highest BCUT2D eigenvalue weighted by atomic mass is 32.2. The first-order chi connectivity index (χ1) is 26.3. The van der Waals surface area contributed by atoms with Gasteiger partial charge in [-0.1, -0.05) is 36.4 Å². The molecule has 0 radical (unpaired) electrons. The third-order valence-corrected chi connectivity index (χ3v) is 12.4. The van der Waals surface area contributed by atoms with Crippen molar-refractivity contribution in [3.63, 3.8) is 0 Å². The van der Waals surface area contributed by atoms with Crippen LogP contribution < -0.4 is 0 Å². The van der Waals surface area contributed by atoms with E-state index < -0.39 is 60.1 Å². The first-order valence-electron chi connectivity index (χ1n) is 15.5. The molecule has 5 heterocycles. The van der Waals surface area contributed by atoms with Crippen molar-refractivity contribution in [2.75, 3.05) is 0 Å². The van der Waals surface area contributed by atoms with Crippen molar-refractivity contribution in [2.45, 2.75) is 19.6 Å². The molecule has 4 aromatic carbocycles. The fourth-order valence-electron chi connectivity index (χ4n) is 6.63. The summed E-state index contributed by atoms with van der Waals surface area (Å²) in [6.07, 6.45) is 0. The van der Waals surface area contributed by atoms with E-state index in [1.807, 2.05) is 0 Å². The minimum Gasteiger partial charge on any atom is -0.324 e. The second-order valence-corrected chi connectivity index (χ2v) is 17.8. The van der Waals surface area contributed by atoms with Crippen LogP contribution in [0.25, 0.3) is 89.7 Å². The lowest BCUT2D eigenvalue weighted by Gasteiger charge is -2.04. The fourth-order valence-corrected chi connectivity index (χ4v) is 9.27. The van der Waals surface area contributed by atoms with Gasteiger partial charge in [0.2, 0.25) is 0 Å². The van der Waals surface area contributed by atoms with Gasteiger partial charge in [0.15, 0.2) is 23.3 Å². The maximum Gasteiger partial charge on any atom is 0.295 e.